The number of amides is 1. The van der Waals surface area contributed by atoms with Crippen molar-refractivity contribution in [2.45, 2.75) is 12.6 Å². The molecule has 0 radical (unpaired) electrons. The second-order valence-corrected chi connectivity index (χ2v) is 9.48. The number of carbonyl (C=O) groups excluding carboxylic acids is 2. The zero-order chi connectivity index (χ0) is 24.0. The zero-order valence-corrected chi connectivity index (χ0v) is 20.4. The number of benzene rings is 2. The number of aromatic nitrogens is 1. The van der Waals surface area contributed by atoms with Crippen molar-refractivity contribution in [1.82, 2.24) is 9.88 Å². The molecule has 0 bridgehead atoms. The van der Waals surface area contributed by atoms with E-state index in [-0.39, 0.29) is 22.9 Å². The highest BCUT2D eigenvalue weighted by molar-refractivity contribution is 9.10. The number of rotatable bonds is 5. The fourth-order valence-electron chi connectivity index (χ4n) is 4.02. The van der Waals surface area contributed by atoms with Crippen molar-refractivity contribution in [3.8, 4) is 0 Å². The minimum absolute atomic E-state index is 0.00994. The number of Topliss-reactive ketones (excluding diaryl/α,β-unsaturated/α-hetero) is 1. The summed E-state index contributed by atoms with van der Waals surface area (Å²) in [6, 6.07) is 14.4. The smallest absolute Gasteiger partial charge is 0.290 e. The third kappa shape index (κ3) is 4.00. The van der Waals surface area contributed by atoms with Gasteiger partial charge in [-0.05, 0) is 53.6 Å². The Kier molecular flexibility index (Phi) is 5.93. The number of furan rings is 1. The molecule has 0 spiro atoms. The molecule has 1 unspecified atom stereocenters. The molecule has 2 aromatic heterocycles. The van der Waals surface area contributed by atoms with Gasteiger partial charge in [0.1, 0.15) is 5.58 Å². The van der Waals surface area contributed by atoms with Gasteiger partial charge in [-0.1, -0.05) is 51.3 Å². The van der Waals surface area contributed by atoms with Crippen molar-refractivity contribution < 1.29 is 19.1 Å². The maximum Gasteiger partial charge on any atom is 0.290 e. The average molecular weight is 558 g/mol. The fourth-order valence-corrected chi connectivity index (χ4v) is 4.71. The van der Waals surface area contributed by atoms with Crippen molar-refractivity contribution in [3.05, 3.63) is 110 Å². The molecule has 0 aliphatic carbocycles. The van der Waals surface area contributed by atoms with E-state index in [1.54, 1.807) is 60.9 Å². The summed E-state index contributed by atoms with van der Waals surface area (Å²) in [4.78, 5) is 32.3. The first kappa shape index (κ1) is 22.7. The van der Waals surface area contributed by atoms with Gasteiger partial charge in [-0.3, -0.25) is 14.6 Å². The number of carbonyl (C=O) groups is 2. The second kappa shape index (κ2) is 8.91. The van der Waals surface area contributed by atoms with Gasteiger partial charge in [0, 0.05) is 28.8 Å². The molecule has 6 nitrogen and oxygen atoms in total. The van der Waals surface area contributed by atoms with Crippen LogP contribution in [0.15, 0.2) is 87.2 Å². The van der Waals surface area contributed by atoms with E-state index in [0.29, 0.717) is 21.6 Å². The Labute approximate surface area is 212 Å². The van der Waals surface area contributed by atoms with E-state index in [0.717, 1.165) is 10.0 Å². The number of pyridine rings is 1. The summed E-state index contributed by atoms with van der Waals surface area (Å²) in [7, 11) is 0. The third-order valence-electron chi connectivity index (χ3n) is 5.59. The highest BCUT2D eigenvalue weighted by atomic mass is 79.9. The molecule has 34 heavy (non-hydrogen) atoms. The van der Waals surface area contributed by atoms with Crippen molar-refractivity contribution in [2.75, 3.05) is 0 Å². The molecule has 1 atom stereocenters. The Morgan fingerprint density at radius 3 is 2.68 bits per heavy atom. The Morgan fingerprint density at radius 1 is 1.12 bits per heavy atom. The van der Waals surface area contributed by atoms with E-state index in [2.05, 4.69) is 20.9 Å². The predicted molar refractivity (Wildman–Crippen MR) is 132 cm³/mol. The van der Waals surface area contributed by atoms with Gasteiger partial charge in [0.2, 0.25) is 5.78 Å². The van der Waals surface area contributed by atoms with E-state index in [1.165, 1.54) is 4.90 Å². The summed E-state index contributed by atoms with van der Waals surface area (Å²) in [5, 5.41) is 12.2. The maximum absolute atomic E-state index is 13.6. The van der Waals surface area contributed by atoms with Crippen LogP contribution in [0.25, 0.3) is 11.0 Å². The molecular formula is C25H15BrCl2N2O4. The normalized spacial score (nSPS) is 16.0. The quantitative estimate of drug-likeness (QED) is 0.277. The van der Waals surface area contributed by atoms with Gasteiger partial charge in [-0.25, -0.2) is 0 Å². The first-order valence-electron chi connectivity index (χ1n) is 10.1. The van der Waals surface area contributed by atoms with Crippen LogP contribution in [0.4, 0.5) is 0 Å². The van der Waals surface area contributed by atoms with Gasteiger partial charge in [0.25, 0.3) is 5.91 Å². The van der Waals surface area contributed by atoms with Crippen molar-refractivity contribution >= 4 is 61.8 Å². The molecule has 5 rings (SSSR count). The van der Waals surface area contributed by atoms with Gasteiger partial charge < -0.3 is 14.4 Å². The van der Waals surface area contributed by atoms with Crippen LogP contribution in [0, 0.1) is 0 Å². The standard InChI is InChI=1S/C25H15BrCl2N2O4/c26-16-4-6-19-15(8-16)10-20(34-19)23(31)21-22(14-3-5-17(27)18(28)9-14)30(25(33)24(21)32)12-13-2-1-7-29-11-13/h1-11,22,32H,12H2. The summed E-state index contributed by atoms with van der Waals surface area (Å²) < 4.78 is 6.59. The van der Waals surface area contributed by atoms with Crippen molar-refractivity contribution in [3.63, 3.8) is 0 Å². The number of hydrogen-bond donors (Lipinski definition) is 1. The number of fused-ring (bicyclic) bond motifs is 1. The average Bonchev–Trinajstić information content (AvgIpc) is 3.35. The highest BCUT2D eigenvalue weighted by Gasteiger charge is 2.44. The van der Waals surface area contributed by atoms with Crippen LogP contribution in [0.3, 0.4) is 0 Å². The van der Waals surface area contributed by atoms with E-state index in [4.69, 9.17) is 27.6 Å². The van der Waals surface area contributed by atoms with Crippen LogP contribution >= 0.6 is 39.1 Å². The zero-order valence-electron chi connectivity index (χ0n) is 17.3. The molecule has 9 heteroatoms. The van der Waals surface area contributed by atoms with Crippen LogP contribution < -0.4 is 0 Å². The Balaban J connectivity index is 1.62. The Bertz CT molecular complexity index is 1480. The Morgan fingerprint density at radius 2 is 1.94 bits per heavy atom. The van der Waals surface area contributed by atoms with Crippen LogP contribution in [0.1, 0.15) is 27.7 Å². The van der Waals surface area contributed by atoms with E-state index in [9.17, 15) is 14.7 Å². The highest BCUT2D eigenvalue weighted by Crippen LogP contribution is 2.42. The monoisotopic (exact) mass is 556 g/mol. The molecule has 3 heterocycles. The first-order chi connectivity index (χ1) is 16.3. The van der Waals surface area contributed by atoms with E-state index >= 15 is 0 Å². The fraction of sp³-hybridized carbons (Fsp3) is 0.0800. The number of hydrogen-bond acceptors (Lipinski definition) is 5. The van der Waals surface area contributed by atoms with Crippen LogP contribution in [-0.4, -0.2) is 26.7 Å². The summed E-state index contributed by atoms with van der Waals surface area (Å²) >= 11 is 15.7. The Hall–Kier alpha value is -3.13. The molecule has 1 aliphatic heterocycles. The molecular weight excluding hydrogens is 543 g/mol. The largest absolute Gasteiger partial charge is 0.503 e. The number of aliphatic hydroxyl groups is 1. The van der Waals surface area contributed by atoms with Crippen molar-refractivity contribution in [2.24, 2.45) is 0 Å². The molecule has 0 saturated carbocycles. The predicted octanol–water partition coefficient (Wildman–Crippen LogP) is 6.68. The third-order valence-corrected chi connectivity index (χ3v) is 6.82. The number of nitrogens with zero attached hydrogens (tertiary/aromatic N) is 2. The van der Waals surface area contributed by atoms with Gasteiger partial charge >= 0.3 is 0 Å². The molecule has 2 aromatic carbocycles. The lowest BCUT2D eigenvalue weighted by Crippen LogP contribution is -2.30. The SMILES string of the molecule is O=C(C1=C(O)C(=O)N(Cc2cccnc2)C1c1ccc(Cl)c(Cl)c1)c1cc2cc(Br)ccc2o1. The van der Waals surface area contributed by atoms with E-state index in [1.807, 2.05) is 6.07 Å². The molecule has 1 aliphatic rings. The molecule has 0 fully saturated rings. The lowest BCUT2D eigenvalue weighted by molar-refractivity contribution is -0.130. The van der Waals surface area contributed by atoms with Crippen LogP contribution in [0.2, 0.25) is 10.0 Å². The van der Waals surface area contributed by atoms with E-state index < -0.39 is 23.5 Å². The molecule has 170 valence electrons. The minimum atomic E-state index is -0.907. The van der Waals surface area contributed by atoms with Crippen molar-refractivity contribution in [1.29, 1.82) is 0 Å². The lowest BCUT2D eigenvalue weighted by atomic mass is 9.95. The van der Waals surface area contributed by atoms with Gasteiger partial charge in [0.15, 0.2) is 11.5 Å². The van der Waals surface area contributed by atoms with Gasteiger partial charge in [-0.15, -0.1) is 0 Å². The summed E-state index contributed by atoms with van der Waals surface area (Å²) in [6.45, 7) is 0.117. The second-order valence-electron chi connectivity index (χ2n) is 7.75. The van der Waals surface area contributed by atoms with Gasteiger partial charge in [-0.2, -0.15) is 0 Å². The lowest BCUT2D eigenvalue weighted by Gasteiger charge is -2.27. The van der Waals surface area contributed by atoms with Gasteiger partial charge in [0.05, 0.1) is 21.7 Å². The topological polar surface area (TPSA) is 83.6 Å². The number of aliphatic hydroxyl groups excluding tert-OH is 1. The van der Waals surface area contributed by atoms with Crippen LogP contribution in [0.5, 0.6) is 0 Å². The molecule has 4 aromatic rings. The maximum atomic E-state index is 13.6. The number of ketones is 1. The summed E-state index contributed by atoms with van der Waals surface area (Å²) in [6.07, 6.45) is 3.24. The summed E-state index contributed by atoms with van der Waals surface area (Å²) in [5.74, 6) is -1.90. The molecule has 1 amide bonds. The first-order valence-corrected chi connectivity index (χ1v) is 11.7. The van der Waals surface area contributed by atoms with Crippen LogP contribution in [-0.2, 0) is 11.3 Å². The molecule has 0 saturated heterocycles. The number of halogens is 3. The minimum Gasteiger partial charge on any atom is -0.503 e. The summed E-state index contributed by atoms with van der Waals surface area (Å²) in [5.41, 5.74) is 1.67. The molecule has 1 N–H and O–H groups in total.